The van der Waals surface area contributed by atoms with E-state index in [9.17, 15) is 4.79 Å². The number of para-hydroxylation sites is 1. The molecule has 1 amide bonds. The second-order valence-corrected chi connectivity index (χ2v) is 6.59. The minimum absolute atomic E-state index is 0.0357. The zero-order chi connectivity index (χ0) is 15.9. The van der Waals surface area contributed by atoms with Crippen molar-refractivity contribution in [1.29, 1.82) is 0 Å². The Labute approximate surface area is 135 Å². The Hall–Kier alpha value is -1.82. The highest BCUT2D eigenvalue weighted by molar-refractivity contribution is 8.00. The van der Waals surface area contributed by atoms with Crippen LogP contribution in [0.15, 0.2) is 41.8 Å². The fraction of sp³-hybridized carbons (Fsp3) is 0.438. The van der Waals surface area contributed by atoms with Crippen LogP contribution < -0.4 is 5.32 Å². The molecule has 2 unspecified atom stereocenters. The smallest absolute Gasteiger partial charge is 0.233 e. The van der Waals surface area contributed by atoms with Crippen molar-refractivity contribution < 1.29 is 4.79 Å². The summed E-state index contributed by atoms with van der Waals surface area (Å²) in [4.78, 5) is 12.2. The molecular formula is C16H22N4OS. The minimum Gasteiger partial charge on any atom is -0.353 e. The number of hydrogen-bond donors (Lipinski definition) is 1. The maximum absolute atomic E-state index is 12.2. The van der Waals surface area contributed by atoms with Gasteiger partial charge in [0.2, 0.25) is 5.91 Å². The lowest BCUT2D eigenvalue weighted by atomic mass is 10.2. The molecule has 0 aliphatic carbocycles. The van der Waals surface area contributed by atoms with Gasteiger partial charge in [0.25, 0.3) is 0 Å². The molecule has 2 atom stereocenters. The maximum atomic E-state index is 12.2. The Bertz CT molecular complexity index is 599. The van der Waals surface area contributed by atoms with Crippen LogP contribution in [0.1, 0.15) is 33.6 Å². The number of carbonyl (C=O) groups is 1. The molecule has 0 fully saturated rings. The van der Waals surface area contributed by atoms with E-state index in [2.05, 4.69) is 22.4 Å². The van der Waals surface area contributed by atoms with Gasteiger partial charge in [-0.15, -0.1) is 10.2 Å². The first-order valence-electron chi connectivity index (χ1n) is 7.54. The van der Waals surface area contributed by atoms with Crippen LogP contribution >= 0.6 is 11.8 Å². The van der Waals surface area contributed by atoms with Crippen molar-refractivity contribution in [2.45, 2.75) is 50.1 Å². The lowest BCUT2D eigenvalue weighted by Crippen LogP contribution is -2.37. The third-order valence-corrected chi connectivity index (χ3v) is 4.37. The fourth-order valence-electron chi connectivity index (χ4n) is 2.15. The Morgan fingerprint density at radius 2 is 2.05 bits per heavy atom. The van der Waals surface area contributed by atoms with Gasteiger partial charge >= 0.3 is 0 Å². The van der Waals surface area contributed by atoms with E-state index in [1.54, 1.807) is 6.33 Å². The highest BCUT2D eigenvalue weighted by Gasteiger charge is 2.19. The molecule has 1 heterocycles. The molecule has 22 heavy (non-hydrogen) atoms. The van der Waals surface area contributed by atoms with E-state index < -0.39 is 0 Å². The number of hydrogen-bond acceptors (Lipinski definition) is 4. The standard InChI is InChI=1S/C16H22N4OS/c1-4-8-12(2)18-15(21)13(3)22-16-19-17-11-20(16)14-9-6-5-7-10-14/h5-7,9-13H,4,8H2,1-3H3,(H,18,21). The summed E-state index contributed by atoms with van der Waals surface area (Å²) in [7, 11) is 0. The van der Waals surface area contributed by atoms with Gasteiger partial charge in [-0.3, -0.25) is 9.36 Å². The molecular weight excluding hydrogens is 296 g/mol. The highest BCUT2D eigenvalue weighted by Crippen LogP contribution is 2.23. The lowest BCUT2D eigenvalue weighted by Gasteiger charge is -2.16. The van der Waals surface area contributed by atoms with Crippen molar-refractivity contribution in [3.63, 3.8) is 0 Å². The number of amides is 1. The topological polar surface area (TPSA) is 59.8 Å². The molecule has 2 rings (SSSR count). The zero-order valence-electron chi connectivity index (χ0n) is 13.2. The molecule has 0 spiro atoms. The molecule has 5 nitrogen and oxygen atoms in total. The summed E-state index contributed by atoms with van der Waals surface area (Å²) < 4.78 is 1.89. The van der Waals surface area contributed by atoms with E-state index in [0.717, 1.165) is 23.7 Å². The number of nitrogens with one attached hydrogen (secondary N) is 1. The average Bonchev–Trinajstić information content (AvgIpc) is 2.96. The summed E-state index contributed by atoms with van der Waals surface area (Å²) in [6.07, 6.45) is 3.72. The Balaban J connectivity index is 2.02. The predicted molar refractivity (Wildman–Crippen MR) is 89.2 cm³/mol. The van der Waals surface area contributed by atoms with E-state index in [0.29, 0.717) is 0 Å². The second-order valence-electron chi connectivity index (χ2n) is 5.28. The number of rotatable bonds is 7. The Morgan fingerprint density at radius 3 is 2.73 bits per heavy atom. The van der Waals surface area contributed by atoms with E-state index in [-0.39, 0.29) is 17.2 Å². The normalized spacial score (nSPS) is 13.6. The Kier molecular flexibility index (Phi) is 6.00. The number of benzene rings is 1. The third kappa shape index (κ3) is 4.34. The van der Waals surface area contributed by atoms with Crippen LogP contribution in [0, 0.1) is 0 Å². The van der Waals surface area contributed by atoms with Gasteiger partial charge in [-0.05, 0) is 32.4 Å². The molecule has 2 aromatic rings. The van der Waals surface area contributed by atoms with Crippen molar-refractivity contribution in [3.8, 4) is 5.69 Å². The van der Waals surface area contributed by atoms with E-state index in [1.807, 2.05) is 48.7 Å². The number of nitrogens with zero attached hydrogens (tertiary/aromatic N) is 3. The molecule has 1 aromatic heterocycles. The van der Waals surface area contributed by atoms with Crippen LogP contribution in [0.4, 0.5) is 0 Å². The first-order chi connectivity index (χ1) is 10.6. The summed E-state index contributed by atoms with van der Waals surface area (Å²) in [6.45, 7) is 6.04. The summed E-state index contributed by atoms with van der Waals surface area (Å²) >= 11 is 1.42. The van der Waals surface area contributed by atoms with E-state index in [4.69, 9.17) is 0 Å². The van der Waals surface area contributed by atoms with Gasteiger partial charge in [-0.25, -0.2) is 0 Å². The quantitative estimate of drug-likeness (QED) is 0.797. The predicted octanol–water partition coefficient (Wildman–Crippen LogP) is 3.05. The first-order valence-corrected chi connectivity index (χ1v) is 8.42. The Morgan fingerprint density at radius 1 is 1.32 bits per heavy atom. The minimum atomic E-state index is -0.217. The third-order valence-electron chi connectivity index (χ3n) is 3.31. The molecule has 6 heteroatoms. The van der Waals surface area contributed by atoms with Crippen molar-refractivity contribution in [1.82, 2.24) is 20.1 Å². The fourth-order valence-corrected chi connectivity index (χ4v) is 3.00. The van der Waals surface area contributed by atoms with Crippen LogP contribution in [-0.4, -0.2) is 32.0 Å². The summed E-state index contributed by atoms with van der Waals surface area (Å²) in [5.41, 5.74) is 0.988. The number of thioether (sulfide) groups is 1. The molecule has 0 aliphatic rings. The van der Waals surface area contributed by atoms with Crippen LogP contribution in [0.5, 0.6) is 0 Å². The molecule has 0 saturated carbocycles. The second kappa shape index (κ2) is 7.98. The van der Waals surface area contributed by atoms with Crippen LogP contribution in [0.2, 0.25) is 0 Å². The average molecular weight is 318 g/mol. The summed E-state index contributed by atoms with van der Waals surface area (Å²) in [5, 5.41) is 11.6. The van der Waals surface area contributed by atoms with Gasteiger partial charge in [0.1, 0.15) is 6.33 Å². The van der Waals surface area contributed by atoms with E-state index >= 15 is 0 Å². The van der Waals surface area contributed by atoms with Crippen LogP contribution in [0.25, 0.3) is 5.69 Å². The zero-order valence-corrected chi connectivity index (χ0v) is 14.0. The lowest BCUT2D eigenvalue weighted by molar-refractivity contribution is -0.120. The van der Waals surface area contributed by atoms with Crippen molar-refractivity contribution in [3.05, 3.63) is 36.7 Å². The van der Waals surface area contributed by atoms with Gasteiger partial charge in [0.15, 0.2) is 5.16 Å². The molecule has 0 bridgehead atoms. The highest BCUT2D eigenvalue weighted by atomic mass is 32.2. The molecule has 0 radical (unpaired) electrons. The maximum Gasteiger partial charge on any atom is 0.233 e. The molecule has 1 N–H and O–H groups in total. The van der Waals surface area contributed by atoms with Gasteiger partial charge < -0.3 is 5.32 Å². The van der Waals surface area contributed by atoms with Crippen molar-refractivity contribution in [2.24, 2.45) is 0 Å². The summed E-state index contributed by atoms with van der Waals surface area (Å²) in [5.74, 6) is 0.0357. The largest absolute Gasteiger partial charge is 0.353 e. The monoisotopic (exact) mass is 318 g/mol. The first kappa shape index (κ1) is 16.5. The van der Waals surface area contributed by atoms with Gasteiger partial charge in [0.05, 0.1) is 5.25 Å². The van der Waals surface area contributed by atoms with Crippen LogP contribution in [0.3, 0.4) is 0 Å². The van der Waals surface area contributed by atoms with E-state index in [1.165, 1.54) is 11.8 Å². The molecule has 0 aliphatic heterocycles. The van der Waals surface area contributed by atoms with Gasteiger partial charge in [0, 0.05) is 11.7 Å². The molecule has 0 saturated heterocycles. The summed E-state index contributed by atoms with van der Waals surface area (Å²) in [6, 6.07) is 10.1. The molecule has 118 valence electrons. The van der Waals surface area contributed by atoms with Crippen molar-refractivity contribution in [2.75, 3.05) is 0 Å². The van der Waals surface area contributed by atoms with Gasteiger partial charge in [-0.1, -0.05) is 43.3 Å². The number of carbonyl (C=O) groups excluding carboxylic acids is 1. The van der Waals surface area contributed by atoms with Crippen LogP contribution in [-0.2, 0) is 4.79 Å². The molecule has 1 aromatic carbocycles. The SMILES string of the molecule is CCCC(C)NC(=O)C(C)Sc1nncn1-c1ccccc1. The van der Waals surface area contributed by atoms with Gasteiger partial charge in [-0.2, -0.15) is 0 Å². The van der Waals surface area contributed by atoms with Crippen molar-refractivity contribution >= 4 is 17.7 Å². The number of aromatic nitrogens is 3.